The molecular formula is C26H18O7. The van der Waals surface area contributed by atoms with Crippen LogP contribution in [-0.4, -0.2) is 26.0 Å². The summed E-state index contributed by atoms with van der Waals surface area (Å²) < 4.78 is 27.3. The maximum absolute atomic E-state index is 12.7. The van der Waals surface area contributed by atoms with Crippen molar-refractivity contribution in [2.75, 3.05) is 14.2 Å². The zero-order valence-corrected chi connectivity index (χ0v) is 17.8. The highest BCUT2D eigenvalue weighted by atomic mass is 16.6. The summed E-state index contributed by atoms with van der Waals surface area (Å²) in [5, 5.41) is 0.719. The number of fused-ring (bicyclic) bond motifs is 2. The third-order valence-electron chi connectivity index (χ3n) is 5.17. The van der Waals surface area contributed by atoms with Gasteiger partial charge in [-0.2, -0.15) is 0 Å². The quantitative estimate of drug-likeness (QED) is 0.236. The number of methoxy groups -OCH3 is 2. The number of carbonyl (C=O) groups is 2. The van der Waals surface area contributed by atoms with Gasteiger partial charge in [0.15, 0.2) is 17.1 Å². The van der Waals surface area contributed by atoms with Crippen molar-refractivity contribution in [2.45, 2.75) is 0 Å². The van der Waals surface area contributed by atoms with Crippen molar-refractivity contribution in [2.24, 2.45) is 0 Å². The van der Waals surface area contributed by atoms with Crippen LogP contribution in [0.15, 0.2) is 76.9 Å². The number of ketones is 1. The summed E-state index contributed by atoms with van der Waals surface area (Å²) in [6.07, 6.45) is 1.64. The van der Waals surface area contributed by atoms with Gasteiger partial charge in [-0.05, 0) is 48.0 Å². The van der Waals surface area contributed by atoms with Crippen molar-refractivity contribution in [3.05, 3.63) is 89.4 Å². The van der Waals surface area contributed by atoms with E-state index < -0.39 is 5.97 Å². The number of hydrogen-bond donors (Lipinski definition) is 0. The molecule has 0 bridgehead atoms. The number of ether oxygens (including phenoxy) is 4. The molecule has 33 heavy (non-hydrogen) atoms. The number of furan rings is 1. The maximum Gasteiger partial charge on any atom is 0.379 e. The Hall–Kier alpha value is -4.52. The summed E-state index contributed by atoms with van der Waals surface area (Å²) >= 11 is 0. The Morgan fingerprint density at radius 1 is 0.909 bits per heavy atom. The predicted molar refractivity (Wildman–Crippen MR) is 120 cm³/mol. The van der Waals surface area contributed by atoms with Crippen molar-refractivity contribution < 1.29 is 33.0 Å². The van der Waals surface area contributed by atoms with Gasteiger partial charge in [0, 0.05) is 11.5 Å². The number of para-hydroxylation sites is 1. The van der Waals surface area contributed by atoms with Crippen LogP contribution >= 0.6 is 0 Å². The van der Waals surface area contributed by atoms with Gasteiger partial charge in [-0.3, -0.25) is 4.79 Å². The lowest BCUT2D eigenvalue weighted by Gasteiger charge is -2.04. The molecule has 0 radical (unpaired) electrons. The fourth-order valence-electron chi connectivity index (χ4n) is 3.57. The van der Waals surface area contributed by atoms with Crippen molar-refractivity contribution in [1.29, 1.82) is 0 Å². The standard InChI is InChI=1S/C26H18O7/c1-29-17-7-3-5-15(11-17)12-22-24(27)19-10-9-18(14-21(19)32-22)31-26(28)23-13-16-6-4-8-20(30-2)25(16)33-23/h3-14H,1-2H3/b22-12-. The van der Waals surface area contributed by atoms with Gasteiger partial charge < -0.3 is 23.4 Å². The maximum atomic E-state index is 12.7. The minimum Gasteiger partial charge on any atom is -0.497 e. The van der Waals surface area contributed by atoms with Crippen molar-refractivity contribution in [3.8, 4) is 23.0 Å². The smallest absolute Gasteiger partial charge is 0.379 e. The lowest BCUT2D eigenvalue weighted by molar-refractivity contribution is 0.0703. The summed E-state index contributed by atoms with van der Waals surface area (Å²) in [5.74, 6) is 1.000. The molecule has 0 amide bonds. The Bertz CT molecular complexity index is 1430. The van der Waals surface area contributed by atoms with Gasteiger partial charge in [-0.1, -0.05) is 24.3 Å². The van der Waals surface area contributed by atoms with Gasteiger partial charge in [0.05, 0.1) is 19.8 Å². The summed E-state index contributed by atoms with van der Waals surface area (Å²) in [7, 11) is 3.10. The van der Waals surface area contributed by atoms with E-state index in [9.17, 15) is 9.59 Å². The van der Waals surface area contributed by atoms with Gasteiger partial charge in [0.1, 0.15) is 17.2 Å². The number of hydrogen-bond acceptors (Lipinski definition) is 7. The van der Waals surface area contributed by atoms with Crippen LogP contribution in [0, 0.1) is 0 Å². The van der Waals surface area contributed by atoms with Gasteiger partial charge in [-0.25, -0.2) is 4.79 Å². The summed E-state index contributed by atoms with van der Waals surface area (Å²) in [6.45, 7) is 0. The van der Waals surface area contributed by atoms with Crippen LogP contribution in [0.25, 0.3) is 17.0 Å². The molecule has 0 spiro atoms. The van der Waals surface area contributed by atoms with Crippen LogP contribution in [0.5, 0.6) is 23.0 Å². The molecule has 0 saturated carbocycles. The Balaban J connectivity index is 1.37. The van der Waals surface area contributed by atoms with Gasteiger partial charge in [-0.15, -0.1) is 0 Å². The molecule has 5 rings (SSSR count). The normalized spacial score (nSPS) is 13.6. The highest BCUT2D eigenvalue weighted by Gasteiger charge is 2.28. The van der Waals surface area contributed by atoms with E-state index >= 15 is 0 Å². The van der Waals surface area contributed by atoms with Crippen molar-refractivity contribution >= 4 is 28.8 Å². The first kappa shape index (κ1) is 20.4. The summed E-state index contributed by atoms with van der Waals surface area (Å²) in [6, 6.07) is 18.8. The molecule has 4 aromatic rings. The minimum atomic E-state index is -0.676. The SMILES string of the molecule is COc1cccc(/C=C2\Oc3cc(OC(=O)c4cc5cccc(OC)c5o4)ccc3C2=O)c1. The first-order valence-corrected chi connectivity index (χ1v) is 10.1. The first-order valence-electron chi connectivity index (χ1n) is 10.1. The van der Waals surface area contributed by atoms with E-state index in [1.807, 2.05) is 24.3 Å². The van der Waals surface area contributed by atoms with Gasteiger partial charge in [0.2, 0.25) is 11.5 Å². The Morgan fingerprint density at radius 3 is 2.58 bits per heavy atom. The number of esters is 1. The Labute approximate surface area is 188 Å². The first-order chi connectivity index (χ1) is 16.1. The molecule has 0 saturated heterocycles. The Kier molecular flexibility index (Phi) is 5.06. The molecule has 0 atom stereocenters. The fraction of sp³-hybridized carbons (Fsp3) is 0.0769. The molecule has 0 N–H and O–H groups in total. The second kappa shape index (κ2) is 8.20. The highest BCUT2D eigenvalue weighted by molar-refractivity contribution is 6.14. The van der Waals surface area contributed by atoms with Crippen LogP contribution in [0.4, 0.5) is 0 Å². The van der Waals surface area contributed by atoms with E-state index in [0.29, 0.717) is 28.4 Å². The second-order valence-corrected chi connectivity index (χ2v) is 7.25. The lowest BCUT2D eigenvalue weighted by atomic mass is 10.1. The number of carbonyl (C=O) groups excluding carboxylic acids is 2. The molecule has 1 aliphatic heterocycles. The van der Waals surface area contributed by atoms with Crippen LogP contribution in [0.3, 0.4) is 0 Å². The average Bonchev–Trinajstić information content (AvgIpc) is 3.40. The summed E-state index contributed by atoms with van der Waals surface area (Å²) in [5.41, 5.74) is 1.61. The van der Waals surface area contributed by atoms with E-state index in [0.717, 1.165) is 10.9 Å². The second-order valence-electron chi connectivity index (χ2n) is 7.25. The van der Waals surface area contributed by atoms with E-state index in [1.165, 1.54) is 19.2 Å². The number of allylic oxidation sites excluding steroid dienone is 1. The molecule has 2 heterocycles. The number of Topliss-reactive ketones (excluding diaryl/α,β-unsaturated/α-hetero) is 1. The van der Waals surface area contributed by atoms with Crippen LogP contribution in [0.1, 0.15) is 26.5 Å². The molecule has 164 valence electrons. The molecule has 3 aromatic carbocycles. The number of benzene rings is 3. The minimum absolute atomic E-state index is 0.0330. The van der Waals surface area contributed by atoms with E-state index in [2.05, 4.69) is 0 Å². The average molecular weight is 442 g/mol. The van der Waals surface area contributed by atoms with Gasteiger partial charge in [0.25, 0.3) is 0 Å². The number of rotatable bonds is 5. The molecule has 1 aromatic heterocycles. The Morgan fingerprint density at radius 2 is 1.76 bits per heavy atom. The molecule has 7 heteroatoms. The van der Waals surface area contributed by atoms with Crippen molar-refractivity contribution in [1.82, 2.24) is 0 Å². The molecule has 7 nitrogen and oxygen atoms in total. The zero-order valence-electron chi connectivity index (χ0n) is 17.8. The fourth-order valence-corrected chi connectivity index (χ4v) is 3.57. The molecule has 1 aliphatic rings. The zero-order chi connectivity index (χ0) is 22.9. The molecule has 0 unspecified atom stereocenters. The van der Waals surface area contributed by atoms with Crippen LogP contribution in [-0.2, 0) is 0 Å². The molecular weight excluding hydrogens is 424 g/mol. The highest BCUT2D eigenvalue weighted by Crippen LogP contribution is 2.36. The lowest BCUT2D eigenvalue weighted by Crippen LogP contribution is -2.07. The monoisotopic (exact) mass is 442 g/mol. The van der Waals surface area contributed by atoms with Crippen molar-refractivity contribution in [3.63, 3.8) is 0 Å². The summed E-state index contributed by atoms with van der Waals surface area (Å²) in [4.78, 5) is 25.3. The third-order valence-corrected chi connectivity index (χ3v) is 5.17. The molecule has 0 aliphatic carbocycles. The third kappa shape index (κ3) is 3.80. The largest absolute Gasteiger partial charge is 0.497 e. The topological polar surface area (TPSA) is 84.2 Å². The van der Waals surface area contributed by atoms with Gasteiger partial charge >= 0.3 is 5.97 Å². The van der Waals surface area contributed by atoms with E-state index in [4.69, 9.17) is 23.4 Å². The van der Waals surface area contributed by atoms with E-state index in [-0.39, 0.29) is 23.1 Å². The predicted octanol–water partition coefficient (Wildman–Crippen LogP) is 5.29. The van der Waals surface area contributed by atoms with E-state index in [1.54, 1.807) is 43.5 Å². The van der Waals surface area contributed by atoms with Crippen LogP contribution in [0.2, 0.25) is 0 Å². The molecule has 0 fully saturated rings. The van der Waals surface area contributed by atoms with Crippen LogP contribution < -0.4 is 18.9 Å².